The first kappa shape index (κ1) is 20.3. The van der Waals surface area contributed by atoms with E-state index in [-0.39, 0.29) is 18.3 Å². The lowest BCUT2D eigenvalue weighted by molar-refractivity contribution is 0.0997. The van der Waals surface area contributed by atoms with Gasteiger partial charge in [0, 0.05) is 21.8 Å². The summed E-state index contributed by atoms with van der Waals surface area (Å²) in [7, 11) is 0. The quantitative estimate of drug-likeness (QED) is 0.367. The van der Waals surface area contributed by atoms with Crippen LogP contribution in [-0.4, -0.2) is 11.0 Å². The molecule has 0 aliphatic rings. The fourth-order valence-electron chi connectivity index (χ4n) is 3.11. The van der Waals surface area contributed by atoms with Gasteiger partial charge >= 0.3 is 0 Å². The number of hydrogen-bond acceptors (Lipinski definition) is 4. The zero-order valence-corrected chi connectivity index (χ0v) is 17.4. The molecule has 2 N–H and O–H groups in total. The maximum Gasteiger partial charge on any atom is 0.291 e. The Morgan fingerprint density at radius 1 is 0.933 bits per heavy atom. The van der Waals surface area contributed by atoms with Crippen LogP contribution in [0.4, 0.5) is 5.69 Å². The molecule has 7 heteroatoms. The van der Waals surface area contributed by atoms with Crippen LogP contribution in [0.5, 0.6) is 0 Å². The molecule has 0 unspecified atom stereocenters. The normalized spacial score (nSPS) is 10.9. The number of carbonyl (C=O) groups is 1. The van der Waals surface area contributed by atoms with Crippen LogP contribution in [0.15, 0.2) is 69.5 Å². The first-order valence-electron chi connectivity index (χ1n) is 9.12. The van der Waals surface area contributed by atoms with Crippen molar-refractivity contribution in [1.82, 2.24) is 0 Å². The molecule has 152 valence electrons. The third kappa shape index (κ3) is 4.14. The second-order valence-corrected chi connectivity index (χ2v) is 7.54. The smallest absolute Gasteiger partial charge is 0.291 e. The van der Waals surface area contributed by atoms with Crippen molar-refractivity contribution >= 4 is 34.8 Å². The first-order chi connectivity index (χ1) is 14.4. The molecule has 0 saturated carbocycles. The van der Waals surface area contributed by atoms with Crippen LogP contribution in [0.25, 0.3) is 22.6 Å². The highest BCUT2D eigenvalue weighted by Gasteiger charge is 2.15. The van der Waals surface area contributed by atoms with Gasteiger partial charge < -0.3 is 19.3 Å². The predicted octanol–water partition coefficient (Wildman–Crippen LogP) is 6.57. The first-order valence-corrected chi connectivity index (χ1v) is 9.87. The maximum absolute atomic E-state index is 12.6. The fourth-order valence-corrected chi connectivity index (χ4v) is 3.61. The van der Waals surface area contributed by atoms with Gasteiger partial charge in [0.2, 0.25) is 0 Å². The zero-order valence-electron chi connectivity index (χ0n) is 15.9. The van der Waals surface area contributed by atoms with Gasteiger partial charge in [-0.15, -0.1) is 0 Å². The Hall–Kier alpha value is -2.99. The number of hydrogen-bond donors (Lipinski definition) is 2. The van der Waals surface area contributed by atoms with Crippen molar-refractivity contribution < 1.29 is 18.7 Å². The van der Waals surface area contributed by atoms with Crippen LogP contribution in [0.1, 0.15) is 21.9 Å². The number of furan rings is 2. The molecule has 0 spiro atoms. The number of carbonyl (C=O) groups excluding carboxylic acids is 1. The summed E-state index contributed by atoms with van der Waals surface area (Å²) < 4.78 is 11.3. The molecule has 4 rings (SSSR count). The van der Waals surface area contributed by atoms with E-state index in [1.54, 1.807) is 48.5 Å². The molecule has 30 heavy (non-hydrogen) atoms. The molecule has 2 aromatic heterocycles. The largest absolute Gasteiger partial charge is 0.459 e. The van der Waals surface area contributed by atoms with Gasteiger partial charge in [-0.2, -0.15) is 0 Å². The van der Waals surface area contributed by atoms with Gasteiger partial charge in [0.05, 0.1) is 5.02 Å². The van der Waals surface area contributed by atoms with Gasteiger partial charge in [-0.1, -0.05) is 23.2 Å². The molecular weight excluding hydrogens is 425 g/mol. The van der Waals surface area contributed by atoms with Crippen molar-refractivity contribution in [1.29, 1.82) is 0 Å². The Morgan fingerprint density at radius 2 is 1.67 bits per heavy atom. The highest BCUT2D eigenvalue weighted by molar-refractivity contribution is 6.36. The number of aliphatic hydroxyl groups is 1. The lowest BCUT2D eigenvalue weighted by Gasteiger charge is -2.08. The Labute approximate surface area is 182 Å². The number of benzene rings is 2. The second-order valence-electron chi connectivity index (χ2n) is 6.70. The number of aliphatic hydroxyl groups excluding tert-OH is 1. The van der Waals surface area contributed by atoms with E-state index in [1.807, 2.05) is 19.1 Å². The highest BCUT2D eigenvalue weighted by Crippen LogP contribution is 2.32. The van der Waals surface area contributed by atoms with E-state index in [0.29, 0.717) is 38.6 Å². The SMILES string of the molecule is Cc1cc(NC(=O)c2ccc(-c3ccc(Cl)cc3Cl)o2)ccc1-c1ccc(CO)o1. The Bertz CT molecular complexity index is 1230. The van der Waals surface area contributed by atoms with E-state index >= 15 is 0 Å². The van der Waals surface area contributed by atoms with Gasteiger partial charge in [-0.05, 0) is 73.2 Å². The molecule has 0 radical (unpaired) electrons. The summed E-state index contributed by atoms with van der Waals surface area (Å²) in [5.74, 6) is 1.42. The van der Waals surface area contributed by atoms with Crippen molar-refractivity contribution in [3.63, 3.8) is 0 Å². The minimum Gasteiger partial charge on any atom is -0.459 e. The van der Waals surface area contributed by atoms with Gasteiger partial charge in [0.15, 0.2) is 5.76 Å². The molecule has 4 aromatic rings. The lowest BCUT2D eigenvalue weighted by atomic mass is 10.1. The number of anilines is 1. The number of nitrogens with one attached hydrogen (secondary N) is 1. The Kier molecular flexibility index (Phi) is 5.68. The standard InChI is InChI=1S/C23H17Cl2NO4/c1-13-10-15(3-6-17(13)20-7-4-16(12-27)29-20)26-23(28)22-9-8-21(30-22)18-5-2-14(24)11-19(18)25/h2-11,27H,12H2,1H3,(H,26,28). The molecular formula is C23H17Cl2NO4. The second kappa shape index (κ2) is 8.40. The van der Waals surface area contributed by atoms with Crippen molar-refractivity contribution in [2.24, 2.45) is 0 Å². The molecule has 0 fully saturated rings. The summed E-state index contributed by atoms with van der Waals surface area (Å²) in [6.45, 7) is 1.76. The number of amides is 1. The van der Waals surface area contributed by atoms with Crippen molar-refractivity contribution in [3.8, 4) is 22.6 Å². The Balaban J connectivity index is 1.51. The minimum absolute atomic E-state index is 0.153. The summed E-state index contributed by atoms with van der Waals surface area (Å²) in [5.41, 5.74) is 3.07. The van der Waals surface area contributed by atoms with Crippen LogP contribution in [-0.2, 0) is 6.61 Å². The van der Waals surface area contributed by atoms with Gasteiger partial charge in [0.1, 0.15) is 23.9 Å². The maximum atomic E-state index is 12.6. The van der Waals surface area contributed by atoms with Crippen molar-refractivity contribution in [2.75, 3.05) is 5.32 Å². The van der Waals surface area contributed by atoms with Gasteiger partial charge in [0.25, 0.3) is 5.91 Å². The van der Waals surface area contributed by atoms with Crippen LogP contribution in [0.3, 0.4) is 0 Å². The summed E-state index contributed by atoms with van der Waals surface area (Å²) in [5, 5.41) is 12.9. The zero-order chi connectivity index (χ0) is 21.3. The molecule has 5 nitrogen and oxygen atoms in total. The van der Waals surface area contributed by atoms with Crippen LogP contribution >= 0.6 is 23.2 Å². The summed E-state index contributed by atoms with van der Waals surface area (Å²) in [4.78, 5) is 12.6. The molecule has 0 aliphatic carbocycles. The summed E-state index contributed by atoms with van der Waals surface area (Å²) >= 11 is 12.1. The monoisotopic (exact) mass is 441 g/mol. The predicted molar refractivity (Wildman–Crippen MR) is 117 cm³/mol. The molecule has 1 amide bonds. The third-order valence-electron chi connectivity index (χ3n) is 4.59. The van der Waals surface area contributed by atoms with Crippen molar-refractivity contribution in [3.05, 3.63) is 87.8 Å². The molecule has 0 bridgehead atoms. The van der Waals surface area contributed by atoms with Crippen LogP contribution < -0.4 is 5.32 Å². The average Bonchev–Trinajstić information content (AvgIpc) is 3.38. The third-order valence-corrected chi connectivity index (χ3v) is 5.14. The van der Waals surface area contributed by atoms with E-state index in [0.717, 1.165) is 11.1 Å². The van der Waals surface area contributed by atoms with E-state index in [1.165, 1.54) is 0 Å². The van der Waals surface area contributed by atoms with Gasteiger partial charge in [-0.25, -0.2) is 0 Å². The van der Waals surface area contributed by atoms with Gasteiger partial charge in [-0.3, -0.25) is 4.79 Å². The van der Waals surface area contributed by atoms with E-state index in [4.69, 9.17) is 37.1 Å². The molecule has 0 saturated heterocycles. The van der Waals surface area contributed by atoms with E-state index in [9.17, 15) is 4.79 Å². The fraction of sp³-hybridized carbons (Fsp3) is 0.0870. The van der Waals surface area contributed by atoms with Crippen LogP contribution in [0.2, 0.25) is 10.0 Å². The van der Waals surface area contributed by atoms with Crippen molar-refractivity contribution in [2.45, 2.75) is 13.5 Å². The number of rotatable bonds is 5. The molecule has 2 aromatic carbocycles. The Morgan fingerprint density at radius 3 is 2.37 bits per heavy atom. The van der Waals surface area contributed by atoms with Crippen LogP contribution in [0, 0.1) is 6.92 Å². The highest BCUT2D eigenvalue weighted by atomic mass is 35.5. The number of halogens is 2. The molecule has 2 heterocycles. The average molecular weight is 442 g/mol. The lowest BCUT2D eigenvalue weighted by Crippen LogP contribution is -2.10. The molecule has 0 atom stereocenters. The van der Waals surface area contributed by atoms with E-state index < -0.39 is 0 Å². The van der Waals surface area contributed by atoms with E-state index in [2.05, 4.69) is 5.32 Å². The molecule has 0 aliphatic heterocycles. The summed E-state index contributed by atoms with van der Waals surface area (Å²) in [6, 6.07) is 17.4. The minimum atomic E-state index is -0.376. The topological polar surface area (TPSA) is 75.6 Å². The summed E-state index contributed by atoms with van der Waals surface area (Å²) in [6.07, 6.45) is 0. The number of aryl methyl sites for hydroxylation is 1.